The molecule has 2 aromatic carbocycles. The zero-order valence-electron chi connectivity index (χ0n) is 10.9. The molecular weight excluding hydrogens is 323 g/mol. The molecule has 0 aliphatic carbocycles. The van der Waals surface area contributed by atoms with Crippen molar-refractivity contribution in [2.24, 2.45) is 5.73 Å². The first-order valence-corrected chi connectivity index (χ1v) is 6.84. The molecule has 1 atom stereocenters. The van der Waals surface area contributed by atoms with Crippen LogP contribution < -0.4 is 11.1 Å². The quantitative estimate of drug-likeness (QED) is 0.897. The smallest absolute Gasteiger partial charge is 0.244 e. The van der Waals surface area contributed by atoms with Crippen LogP contribution in [0.1, 0.15) is 17.2 Å². The third-order valence-electron chi connectivity index (χ3n) is 2.95. The largest absolute Gasteiger partial charge is 0.370 e. The number of hydrogen-bond donors (Lipinski definition) is 2. The summed E-state index contributed by atoms with van der Waals surface area (Å²) >= 11 is 3.42. The van der Waals surface area contributed by atoms with Crippen molar-refractivity contribution in [3.63, 3.8) is 0 Å². The van der Waals surface area contributed by atoms with E-state index in [4.69, 9.17) is 5.73 Å². The third-order valence-corrected chi connectivity index (χ3v) is 3.80. The van der Waals surface area contributed by atoms with Crippen LogP contribution >= 0.6 is 15.9 Å². The molecule has 0 fully saturated rings. The fourth-order valence-electron chi connectivity index (χ4n) is 1.85. The summed E-state index contributed by atoms with van der Waals surface area (Å²) in [4.78, 5) is 11.6. The van der Waals surface area contributed by atoms with Gasteiger partial charge in [0.15, 0.2) is 0 Å². The van der Waals surface area contributed by atoms with Gasteiger partial charge in [-0.1, -0.05) is 34.1 Å². The van der Waals surface area contributed by atoms with E-state index in [9.17, 15) is 9.18 Å². The summed E-state index contributed by atoms with van der Waals surface area (Å²) in [5.74, 6) is -0.895. The van der Waals surface area contributed by atoms with Gasteiger partial charge in [0.25, 0.3) is 0 Å². The molecule has 0 radical (unpaired) electrons. The molecule has 104 valence electrons. The maximum absolute atomic E-state index is 13.2. The van der Waals surface area contributed by atoms with Crippen molar-refractivity contribution < 1.29 is 9.18 Å². The zero-order chi connectivity index (χ0) is 14.7. The Hall–Kier alpha value is -1.88. The Morgan fingerprint density at radius 3 is 2.65 bits per heavy atom. The first-order chi connectivity index (χ1) is 9.47. The zero-order valence-corrected chi connectivity index (χ0v) is 12.4. The predicted molar refractivity (Wildman–Crippen MR) is 80.8 cm³/mol. The Bertz CT molecular complexity index is 646. The number of anilines is 1. The van der Waals surface area contributed by atoms with Crippen molar-refractivity contribution in [3.8, 4) is 0 Å². The number of rotatable bonds is 4. The number of nitrogens with two attached hydrogens (primary N) is 1. The van der Waals surface area contributed by atoms with E-state index in [0.717, 1.165) is 15.6 Å². The van der Waals surface area contributed by atoms with Crippen LogP contribution in [0.5, 0.6) is 0 Å². The van der Waals surface area contributed by atoms with Gasteiger partial charge in [0, 0.05) is 10.2 Å². The molecule has 2 rings (SSSR count). The minimum absolute atomic E-state index is 0.372. The van der Waals surface area contributed by atoms with Gasteiger partial charge < -0.3 is 11.1 Å². The van der Waals surface area contributed by atoms with Crippen LogP contribution in [0.4, 0.5) is 10.1 Å². The lowest BCUT2D eigenvalue weighted by Gasteiger charge is -2.18. The van der Waals surface area contributed by atoms with E-state index < -0.39 is 11.9 Å². The molecule has 5 heteroatoms. The maximum Gasteiger partial charge on any atom is 0.244 e. The molecule has 3 nitrogen and oxygen atoms in total. The van der Waals surface area contributed by atoms with Gasteiger partial charge in [0.05, 0.1) is 0 Å². The number of hydrogen-bond acceptors (Lipinski definition) is 2. The lowest BCUT2D eigenvalue weighted by Crippen LogP contribution is -2.27. The Balaban J connectivity index is 2.32. The van der Waals surface area contributed by atoms with E-state index in [2.05, 4.69) is 21.2 Å². The van der Waals surface area contributed by atoms with Gasteiger partial charge in [0.1, 0.15) is 11.9 Å². The van der Waals surface area contributed by atoms with Crippen molar-refractivity contribution >= 4 is 27.5 Å². The van der Waals surface area contributed by atoms with Gasteiger partial charge in [-0.05, 0) is 42.3 Å². The van der Waals surface area contributed by atoms with Gasteiger partial charge in [0.2, 0.25) is 5.91 Å². The molecule has 3 N–H and O–H groups in total. The molecule has 0 saturated heterocycles. The first kappa shape index (κ1) is 14.5. The van der Waals surface area contributed by atoms with Crippen LogP contribution in [0.25, 0.3) is 0 Å². The summed E-state index contributed by atoms with van der Waals surface area (Å²) in [7, 11) is 0. The lowest BCUT2D eigenvalue weighted by molar-refractivity contribution is -0.118. The topological polar surface area (TPSA) is 55.1 Å². The van der Waals surface area contributed by atoms with Gasteiger partial charge in [-0.3, -0.25) is 4.79 Å². The van der Waals surface area contributed by atoms with Gasteiger partial charge in [-0.2, -0.15) is 0 Å². The average molecular weight is 337 g/mol. The van der Waals surface area contributed by atoms with Crippen molar-refractivity contribution in [3.05, 3.63) is 63.9 Å². The van der Waals surface area contributed by atoms with Gasteiger partial charge in [-0.15, -0.1) is 0 Å². The van der Waals surface area contributed by atoms with Gasteiger partial charge in [-0.25, -0.2) is 4.39 Å². The third kappa shape index (κ3) is 3.36. The SMILES string of the molecule is Cc1ccc(C(Nc2cccc(F)c2)C(N)=O)cc1Br. The number of halogens is 2. The molecule has 2 aromatic rings. The highest BCUT2D eigenvalue weighted by Crippen LogP contribution is 2.25. The predicted octanol–water partition coefficient (Wildman–Crippen LogP) is 3.54. The van der Waals surface area contributed by atoms with Crippen LogP contribution in [0.15, 0.2) is 46.9 Å². The van der Waals surface area contributed by atoms with Crippen LogP contribution in [-0.2, 0) is 4.79 Å². The number of amides is 1. The molecule has 1 amide bonds. The van der Waals surface area contributed by atoms with Crippen LogP contribution in [-0.4, -0.2) is 5.91 Å². The highest BCUT2D eigenvalue weighted by Gasteiger charge is 2.18. The van der Waals surface area contributed by atoms with E-state index >= 15 is 0 Å². The molecule has 1 unspecified atom stereocenters. The number of primary amides is 1. The van der Waals surface area contributed by atoms with Crippen molar-refractivity contribution in [1.82, 2.24) is 0 Å². The molecule has 0 bridgehead atoms. The van der Waals surface area contributed by atoms with Crippen molar-refractivity contribution in [1.29, 1.82) is 0 Å². The second-order valence-electron chi connectivity index (χ2n) is 4.50. The molecule has 0 aliphatic heterocycles. The highest BCUT2D eigenvalue weighted by molar-refractivity contribution is 9.10. The number of carbonyl (C=O) groups is 1. The minimum Gasteiger partial charge on any atom is -0.370 e. The summed E-state index contributed by atoms with van der Waals surface area (Å²) in [6.07, 6.45) is 0. The number of nitrogens with one attached hydrogen (secondary N) is 1. The van der Waals surface area contributed by atoms with Crippen LogP contribution in [0.2, 0.25) is 0 Å². The minimum atomic E-state index is -0.714. The Labute approximate surface area is 125 Å². The summed E-state index contributed by atoms with van der Waals surface area (Å²) in [5, 5.41) is 2.95. The number of benzene rings is 2. The van der Waals surface area contributed by atoms with Gasteiger partial charge >= 0.3 is 0 Å². The Morgan fingerprint density at radius 1 is 1.30 bits per heavy atom. The summed E-state index contributed by atoms with van der Waals surface area (Å²) in [5.41, 5.74) is 7.72. The second-order valence-corrected chi connectivity index (χ2v) is 5.35. The summed E-state index contributed by atoms with van der Waals surface area (Å²) < 4.78 is 14.1. The molecule has 0 aromatic heterocycles. The highest BCUT2D eigenvalue weighted by atomic mass is 79.9. The average Bonchev–Trinajstić information content (AvgIpc) is 2.39. The van der Waals surface area contributed by atoms with E-state index in [1.54, 1.807) is 12.1 Å². The fourth-order valence-corrected chi connectivity index (χ4v) is 2.25. The van der Waals surface area contributed by atoms with Crippen molar-refractivity contribution in [2.75, 3.05) is 5.32 Å². The molecule has 20 heavy (non-hydrogen) atoms. The Kier molecular flexibility index (Phi) is 4.39. The monoisotopic (exact) mass is 336 g/mol. The fraction of sp³-hybridized carbons (Fsp3) is 0.133. The lowest BCUT2D eigenvalue weighted by atomic mass is 10.0. The number of carbonyl (C=O) groups excluding carboxylic acids is 1. The molecule has 0 spiro atoms. The van der Waals surface area contributed by atoms with E-state index in [-0.39, 0.29) is 5.82 Å². The first-order valence-electron chi connectivity index (χ1n) is 6.05. The van der Waals surface area contributed by atoms with E-state index in [1.165, 1.54) is 12.1 Å². The normalized spacial score (nSPS) is 11.9. The van der Waals surface area contributed by atoms with E-state index in [0.29, 0.717) is 5.69 Å². The maximum atomic E-state index is 13.2. The summed E-state index contributed by atoms with van der Waals surface area (Å²) in [6, 6.07) is 10.7. The standard InChI is InChI=1S/C15H14BrFN2O/c1-9-5-6-10(7-13(9)16)14(15(18)20)19-12-4-2-3-11(17)8-12/h2-8,14,19H,1H3,(H2,18,20). The second kappa shape index (κ2) is 6.05. The van der Waals surface area contributed by atoms with Crippen LogP contribution in [0, 0.1) is 12.7 Å². The van der Waals surface area contributed by atoms with Crippen LogP contribution in [0.3, 0.4) is 0 Å². The Morgan fingerprint density at radius 2 is 2.05 bits per heavy atom. The molecule has 0 aliphatic rings. The number of aryl methyl sites for hydroxylation is 1. The molecule has 0 saturated carbocycles. The van der Waals surface area contributed by atoms with E-state index in [1.807, 2.05) is 25.1 Å². The van der Waals surface area contributed by atoms with Crippen molar-refractivity contribution in [2.45, 2.75) is 13.0 Å². The summed E-state index contributed by atoms with van der Waals surface area (Å²) in [6.45, 7) is 1.95. The molecular formula is C15H14BrFN2O. The molecule has 0 heterocycles.